The van der Waals surface area contributed by atoms with Crippen molar-refractivity contribution < 1.29 is 0 Å². The summed E-state index contributed by atoms with van der Waals surface area (Å²) in [5.74, 6) is 0.942. The van der Waals surface area contributed by atoms with E-state index in [-0.39, 0.29) is 0 Å². The smallest absolute Gasteiger partial charge is 0.0323 e. The Morgan fingerprint density at radius 1 is 0.800 bits per heavy atom. The summed E-state index contributed by atoms with van der Waals surface area (Å²) in [7, 11) is 0. The molecule has 0 heterocycles. The maximum atomic E-state index is 2.49. The Bertz CT molecular complexity index is 214. The summed E-state index contributed by atoms with van der Waals surface area (Å²) in [6.07, 6.45) is 20.6. The van der Waals surface area contributed by atoms with E-state index in [1.54, 1.807) is 5.57 Å². The van der Waals surface area contributed by atoms with Crippen LogP contribution in [0.15, 0.2) is 11.6 Å². The Morgan fingerprint density at radius 2 is 1.45 bits per heavy atom. The van der Waals surface area contributed by atoms with Gasteiger partial charge in [-0.2, -0.15) is 0 Å². The van der Waals surface area contributed by atoms with E-state index in [0.29, 0.717) is 0 Å². The zero-order valence-electron chi connectivity index (χ0n) is 14.8. The average molecular weight is 281 g/mol. The van der Waals surface area contributed by atoms with Gasteiger partial charge >= 0.3 is 0 Å². The van der Waals surface area contributed by atoms with Gasteiger partial charge in [-0.3, -0.25) is 0 Å². The van der Waals surface area contributed by atoms with Crippen LogP contribution in [0.3, 0.4) is 0 Å². The minimum Gasteiger partial charge on any atom is -0.0856 e. The van der Waals surface area contributed by atoms with Gasteiger partial charge in [-0.1, -0.05) is 90.2 Å². The van der Waals surface area contributed by atoms with Crippen LogP contribution in [0.2, 0.25) is 0 Å². The predicted octanol–water partition coefficient (Wildman–Crippen LogP) is 7.68. The molecule has 0 nitrogen and oxygen atoms in total. The maximum Gasteiger partial charge on any atom is -0.0323 e. The minimum atomic E-state index is 0.942. The second-order valence-corrected chi connectivity index (χ2v) is 6.75. The second kappa shape index (κ2) is 15.1. The normalized spacial score (nSPS) is 13.7. The summed E-state index contributed by atoms with van der Waals surface area (Å²) in [6, 6.07) is 0. The van der Waals surface area contributed by atoms with Crippen LogP contribution in [0.4, 0.5) is 0 Å². The highest BCUT2D eigenvalue weighted by atomic mass is 14.1. The lowest BCUT2D eigenvalue weighted by atomic mass is 9.96. The van der Waals surface area contributed by atoms with Crippen LogP contribution >= 0.6 is 0 Å². The first-order chi connectivity index (χ1) is 9.70. The molecule has 0 saturated heterocycles. The molecule has 0 aromatic rings. The standard InChI is InChI=1S/C20H40/c1-5-7-9-10-11-12-16-20(4)18-14-13-17-19(3)15-8-6-2/h16,19H,5-15,17-18H2,1-4H3. The van der Waals surface area contributed by atoms with E-state index < -0.39 is 0 Å². The summed E-state index contributed by atoms with van der Waals surface area (Å²) in [5.41, 5.74) is 1.63. The Hall–Kier alpha value is -0.260. The number of rotatable bonds is 14. The summed E-state index contributed by atoms with van der Waals surface area (Å²) >= 11 is 0. The molecule has 1 unspecified atom stereocenters. The highest BCUT2D eigenvalue weighted by Crippen LogP contribution is 2.17. The summed E-state index contributed by atoms with van der Waals surface area (Å²) in [6.45, 7) is 9.33. The number of hydrogen-bond acceptors (Lipinski definition) is 0. The molecule has 0 aromatic carbocycles. The van der Waals surface area contributed by atoms with Crippen LogP contribution in [0.1, 0.15) is 111 Å². The van der Waals surface area contributed by atoms with Gasteiger partial charge in [0.1, 0.15) is 0 Å². The van der Waals surface area contributed by atoms with E-state index in [9.17, 15) is 0 Å². The van der Waals surface area contributed by atoms with Crippen LogP contribution in [0.5, 0.6) is 0 Å². The molecule has 20 heavy (non-hydrogen) atoms. The van der Waals surface area contributed by atoms with E-state index in [0.717, 1.165) is 5.92 Å². The molecule has 0 saturated carbocycles. The number of hydrogen-bond donors (Lipinski definition) is 0. The van der Waals surface area contributed by atoms with Crippen molar-refractivity contribution in [3.05, 3.63) is 11.6 Å². The van der Waals surface area contributed by atoms with Crippen molar-refractivity contribution in [2.24, 2.45) is 5.92 Å². The molecule has 120 valence electrons. The lowest BCUT2D eigenvalue weighted by Crippen LogP contribution is -1.94. The molecule has 0 aliphatic rings. The second-order valence-electron chi connectivity index (χ2n) is 6.75. The minimum absolute atomic E-state index is 0.942. The van der Waals surface area contributed by atoms with Gasteiger partial charge in [0.05, 0.1) is 0 Å². The van der Waals surface area contributed by atoms with Gasteiger partial charge < -0.3 is 0 Å². The molecule has 0 aromatic heterocycles. The van der Waals surface area contributed by atoms with Crippen molar-refractivity contribution in [2.45, 2.75) is 111 Å². The van der Waals surface area contributed by atoms with Crippen LogP contribution < -0.4 is 0 Å². The molecule has 0 rings (SSSR count). The Morgan fingerprint density at radius 3 is 2.15 bits per heavy atom. The zero-order chi connectivity index (χ0) is 15.1. The van der Waals surface area contributed by atoms with E-state index in [1.165, 1.54) is 83.5 Å². The van der Waals surface area contributed by atoms with Gasteiger partial charge in [0.2, 0.25) is 0 Å². The van der Waals surface area contributed by atoms with E-state index in [1.807, 2.05) is 0 Å². The van der Waals surface area contributed by atoms with Crippen LogP contribution in [0, 0.1) is 5.92 Å². The number of allylic oxidation sites excluding steroid dienone is 2. The van der Waals surface area contributed by atoms with Crippen molar-refractivity contribution >= 4 is 0 Å². The third-order valence-electron chi connectivity index (χ3n) is 4.37. The molecule has 0 amide bonds. The molecular formula is C20H40. The zero-order valence-corrected chi connectivity index (χ0v) is 14.8. The third kappa shape index (κ3) is 14.2. The van der Waals surface area contributed by atoms with E-state index >= 15 is 0 Å². The molecule has 1 atom stereocenters. The van der Waals surface area contributed by atoms with E-state index in [2.05, 4.69) is 33.8 Å². The SMILES string of the molecule is CCCCCCCC=C(C)CCCCC(C)CCCC. The topological polar surface area (TPSA) is 0 Å². The lowest BCUT2D eigenvalue weighted by Gasteiger charge is -2.10. The molecule has 0 aliphatic heterocycles. The lowest BCUT2D eigenvalue weighted by molar-refractivity contribution is 0.449. The van der Waals surface area contributed by atoms with Gasteiger partial charge in [-0.25, -0.2) is 0 Å². The van der Waals surface area contributed by atoms with E-state index in [4.69, 9.17) is 0 Å². The van der Waals surface area contributed by atoms with Gasteiger partial charge in [0, 0.05) is 0 Å². The molecule has 0 radical (unpaired) electrons. The van der Waals surface area contributed by atoms with Crippen molar-refractivity contribution in [1.29, 1.82) is 0 Å². The first-order valence-corrected chi connectivity index (χ1v) is 9.36. The highest BCUT2D eigenvalue weighted by Gasteiger charge is 2.01. The van der Waals surface area contributed by atoms with Crippen molar-refractivity contribution in [2.75, 3.05) is 0 Å². The fraction of sp³-hybridized carbons (Fsp3) is 0.900. The summed E-state index contributed by atoms with van der Waals surface area (Å²) in [4.78, 5) is 0. The van der Waals surface area contributed by atoms with Crippen LogP contribution in [-0.2, 0) is 0 Å². The molecular weight excluding hydrogens is 240 g/mol. The summed E-state index contributed by atoms with van der Waals surface area (Å²) < 4.78 is 0. The van der Waals surface area contributed by atoms with Crippen molar-refractivity contribution in [3.63, 3.8) is 0 Å². The first kappa shape index (κ1) is 19.7. The highest BCUT2D eigenvalue weighted by molar-refractivity contribution is 4.97. The molecule has 0 fully saturated rings. The average Bonchev–Trinajstić information content (AvgIpc) is 2.45. The van der Waals surface area contributed by atoms with Crippen molar-refractivity contribution in [3.8, 4) is 0 Å². The molecule has 0 aliphatic carbocycles. The van der Waals surface area contributed by atoms with Gasteiger partial charge in [-0.05, 0) is 38.5 Å². The third-order valence-corrected chi connectivity index (χ3v) is 4.37. The van der Waals surface area contributed by atoms with Crippen LogP contribution in [0.25, 0.3) is 0 Å². The summed E-state index contributed by atoms with van der Waals surface area (Å²) in [5, 5.41) is 0. The first-order valence-electron chi connectivity index (χ1n) is 9.36. The Labute approximate surface area is 129 Å². The fourth-order valence-corrected chi connectivity index (χ4v) is 2.79. The molecule has 0 N–H and O–H groups in total. The Kier molecular flexibility index (Phi) is 14.9. The van der Waals surface area contributed by atoms with Crippen molar-refractivity contribution in [1.82, 2.24) is 0 Å². The Balaban J connectivity index is 3.40. The quantitative estimate of drug-likeness (QED) is 0.226. The van der Waals surface area contributed by atoms with Gasteiger partial charge in [0.25, 0.3) is 0 Å². The fourth-order valence-electron chi connectivity index (χ4n) is 2.79. The monoisotopic (exact) mass is 280 g/mol. The van der Waals surface area contributed by atoms with Gasteiger partial charge in [0.15, 0.2) is 0 Å². The predicted molar refractivity (Wildman–Crippen MR) is 94.3 cm³/mol. The molecule has 0 heteroatoms. The maximum absolute atomic E-state index is 2.49. The largest absolute Gasteiger partial charge is 0.0856 e. The molecule has 0 bridgehead atoms. The molecule has 0 spiro atoms. The van der Waals surface area contributed by atoms with Crippen LogP contribution in [-0.4, -0.2) is 0 Å². The van der Waals surface area contributed by atoms with Gasteiger partial charge in [-0.15, -0.1) is 0 Å². The number of unbranched alkanes of at least 4 members (excludes halogenated alkanes) is 7.